The summed E-state index contributed by atoms with van der Waals surface area (Å²) in [6.07, 6.45) is 0.600. The van der Waals surface area contributed by atoms with Crippen LogP contribution in [0.4, 0.5) is 0 Å². The predicted octanol–water partition coefficient (Wildman–Crippen LogP) is 3.70. The van der Waals surface area contributed by atoms with Crippen LogP contribution < -0.4 is 0 Å². The smallest absolute Gasteiger partial charge is 0.309 e. The van der Waals surface area contributed by atoms with Gasteiger partial charge in [-0.15, -0.1) is 11.3 Å². The van der Waals surface area contributed by atoms with E-state index in [4.69, 9.17) is 5.11 Å². The average Bonchev–Trinajstić information content (AvgIpc) is 2.50. The maximum atomic E-state index is 11.0. The highest BCUT2D eigenvalue weighted by atomic mass is 32.1. The van der Waals surface area contributed by atoms with E-state index in [1.807, 2.05) is 0 Å². The summed E-state index contributed by atoms with van der Waals surface area (Å²) in [7, 11) is 0. The van der Waals surface area contributed by atoms with Gasteiger partial charge in [-0.3, -0.25) is 4.79 Å². The van der Waals surface area contributed by atoms with Gasteiger partial charge in [0.05, 0.1) is 5.41 Å². The molecule has 1 rings (SSSR count). The van der Waals surface area contributed by atoms with E-state index >= 15 is 0 Å². The van der Waals surface area contributed by atoms with Crippen LogP contribution in [-0.2, 0) is 16.6 Å². The Hall–Kier alpha value is -0.830. The van der Waals surface area contributed by atoms with E-state index in [1.165, 1.54) is 4.88 Å². The molecule has 1 N–H and O–H groups in total. The van der Waals surface area contributed by atoms with E-state index in [9.17, 15) is 4.79 Å². The summed E-state index contributed by atoms with van der Waals surface area (Å²) in [6, 6.07) is 4.16. The summed E-state index contributed by atoms with van der Waals surface area (Å²) in [5.41, 5.74) is -0.531. The molecular formula is C13H20O2S. The fourth-order valence-corrected chi connectivity index (χ4v) is 2.68. The summed E-state index contributed by atoms with van der Waals surface area (Å²) in [5.74, 6) is -0.738. The Labute approximate surface area is 101 Å². The molecule has 1 aromatic heterocycles. The van der Waals surface area contributed by atoms with Crippen molar-refractivity contribution in [1.29, 1.82) is 0 Å². The molecule has 0 amide bonds. The molecule has 0 radical (unpaired) electrons. The van der Waals surface area contributed by atoms with Gasteiger partial charge in [-0.25, -0.2) is 0 Å². The first-order valence-electron chi connectivity index (χ1n) is 5.45. The Morgan fingerprint density at radius 3 is 2.19 bits per heavy atom. The van der Waals surface area contributed by atoms with Crippen molar-refractivity contribution in [3.63, 3.8) is 0 Å². The highest BCUT2D eigenvalue weighted by Crippen LogP contribution is 2.32. The third-order valence-corrected chi connectivity index (χ3v) is 4.11. The molecule has 0 aliphatic rings. The zero-order valence-corrected chi connectivity index (χ0v) is 11.4. The van der Waals surface area contributed by atoms with Gasteiger partial charge < -0.3 is 5.11 Å². The molecule has 0 spiro atoms. The molecule has 0 saturated heterocycles. The van der Waals surface area contributed by atoms with Crippen LogP contribution in [0.2, 0.25) is 0 Å². The topological polar surface area (TPSA) is 37.3 Å². The number of carboxylic acid groups (broad SMARTS) is 1. The van der Waals surface area contributed by atoms with Crippen LogP contribution in [0.1, 0.15) is 44.4 Å². The van der Waals surface area contributed by atoms with Crippen LogP contribution >= 0.6 is 11.3 Å². The van der Waals surface area contributed by atoms with Gasteiger partial charge in [0.1, 0.15) is 0 Å². The number of thiophene rings is 1. The minimum absolute atomic E-state index is 0.149. The maximum Gasteiger partial charge on any atom is 0.309 e. The monoisotopic (exact) mass is 240 g/mol. The van der Waals surface area contributed by atoms with E-state index in [0.29, 0.717) is 6.42 Å². The van der Waals surface area contributed by atoms with Crippen LogP contribution in [0.3, 0.4) is 0 Å². The van der Waals surface area contributed by atoms with Gasteiger partial charge in [-0.1, -0.05) is 20.8 Å². The van der Waals surface area contributed by atoms with Gasteiger partial charge >= 0.3 is 5.97 Å². The molecule has 3 heteroatoms. The molecule has 0 bridgehead atoms. The lowest BCUT2D eigenvalue weighted by Crippen LogP contribution is -2.25. The first kappa shape index (κ1) is 13.2. The van der Waals surface area contributed by atoms with Crippen molar-refractivity contribution in [1.82, 2.24) is 0 Å². The molecule has 90 valence electrons. The molecular weight excluding hydrogens is 220 g/mol. The lowest BCUT2D eigenvalue weighted by Gasteiger charge is -2.18. The van der Waals surface area contributed by atoms with Crippen molar-refractivity contribution in [3.8, 4) is 0 Å². The van der Waals surface area contributed by atoms with Gasteiger partial charge in [0.15, 0.2) is 0 Å². The van der Waals surface area contributed by atoms with Crippen LogP contribution in [-0.4, -0.2) is 11.1 Å². The van der Waals surface area contributed by atoms with Crippen molar-refractivity contribution >= 4 is 17.3 Å². The average molecular weight is 240 g/mol. The third kappa shape index (κ3) is 3.08. The molecule has 0 fully saturated rings. The quantitative estimate of drug-likeness (QED) is 0.874. The molecule has 0 saturated carbocycles. The highest BCUT2D eigenvalue weighted by molar-refractivity contribution is 7.12. The fourth-order valence-electron chi connectivity index (χ4n) is 1.39. The summed E-state index contributed by atoms with van der Waals surface area (Å²) in [4.78, 5) is 13.5. The van der Waals surface area contributed by atoms with Crippen LogP contribution in [0.25, 0.3) is 0 Å². The van der Waals surface area contributed by atoms with Crippen molar-refractivity contribution in [2.24, 2.45) is 5.41 Å². The van der Waals surface area contributed by atoms with E-state index in [-0.39, 0.29) is 5.41 Å². The second-order valence-electron chi connectivity index (χ2n) is 5.88. The Morgan fingerprint density at radius 1 is 1.25 bits per heavy atom. The first-order valence-corrected chi connectivity index (χ1v) is 6.27. The predicted molar refractivity (Wildman–Crippen MR) is 68.1 cm³/mol. The third-order valence-electron chi connectivity index (χ3n) is 2.60. The number of aliphatic carboxylic acids is 1. The molecule has 2 nitrogen and oxygen atoms in total. The van der Waals surface area contributed by atoms with Gasteiger partial charge in [-0.2, -0.15) is 0 Å². The zero-order valence-electron chi connectivity index (χ0n) is 10.6. The van der Waals surface area contributed by atoms with E-state index in [2.05, 4.69) is 32.9 Å². The minimum Gasteiger partial charge on any atom is -0.481 e. The summed E-state index contributed by atoms with van der Waals surface area (Å²) in [5, 5.41) is 9.07. The zero-order chi connectivity index (χ0) is 12.6. The summed E-state index contributed by atoms with van der Waals surface area (Å²) in [6.45, 7) is 10.1. The van der Waals surface area contributed by atoms with E-state index < -0.39 is 11.4 Å². The molecule has 0 atom stereocenters. The first-order chi connectivity index (χ1) is 7.13. The SMILES string of the molecule is CC(C)(Cc1ccc(C(C)(C)C)s1)C(=O)O. The van der Waals surface area contributed by atoms with Crippen LogP contribution in [0.15, 0.2) is 12.1 Å². The Bertz CT molecular complexity index is 383. The van der Waals surface area contributed by atoms with Gasteiger partial charge in [0, 0.05) is 9.75 Å². The molecule has 1 heterocycles. The fraction of sp³-hybridized carbons (Fsp3) is 0.615. The lowest BCUT2D eigenvalue weighted by atomic mass is 9.89. The van der Waals surface area contributed by atoms with E-state index in [1.54, 1.807) is 25.2 Å². The second-order valence-corrected chi connectivity index (χ2v) is 7.05. The number of hydrogen-bond donors (Lipinski definition) is 1. The molecule has 1 aromatic rings. The van der Waals surface area contributed by atoms with E-state index in [0.717, 1.165) is 4.88 Å². The second kappa shape index (κ2) is 4.21. The molecule has 0 aromatic carbocycles. The Morgan fingerprint density at radius 2 is 1.81 bits per heavy atom. The molecule has 0 aliphatic carbocycles. The summed E-state index contributed by atoms with van der Waals surface area (Å²) >= 11 is 1.72. The van der Waals surface area contributed by atoms with Crippen LogP contribution in [0, 0.1) is 5.41 Å². The highest BCUT2D eigenvalue weighted by Gasteiger charge is 2.28. The Kier molecular flexibility index (Phi) is 3.48. The van der Waals surface area contributed by atoms with Crippen LogP contribution in [0.5, 0.6) is 0 Å². The van der Waals surface area contributed by atoms with Crippen molar-refractivity contribution < 1.29 is 9.90 Å². The van der Waals surface area contributed by atoms with Gasteiger partial charge in [-0.05, 0) is 37.8 Å². The minimum atomic E-state index is -0.738. The van der Waals surface area contributed by atoms with Crippen molar-refractivity contribution in [3.05, 3.63) is 21.9 Å². The largest absolute Gasteiger partial charge is 0.481 e. The van der Waals surface area contributed by atoms with Gasteiger partial charge in [0.25, 0.3) is 0 Å². The number of hydrogen-bond acceptors (Lipinski definition) is 2. The molecule has 0 unspecified atom stereocenters. The number of carbonyl (C=O) groups is 1. The number of rotatable bonds is 3. The van der Waals surface area contributed by atoms with Crippen molar-refractivity contribution in [2.45, 2.75) is 46.5 Å². The molecule has 16 heavy (non-hydrogen) atoms. The normalized spacial score (nSPS) is 12.8. The molecule has 0 aliphatic heterocycles. The maximum absolute atomic E-state index is 11.0. The Balaban J connectivity index is 2.85. The standard InChI is InChI=1S/C13H20O2S/c1-12(2,3)10-7-6-9(16-10)8-13(4,5)11(14)15/h6-7H,8H2,1-5H3,(H,14,15). The summed E-state index contributed by atoms with van der Waals surface area (Å²) < 4.78 is 0. The number of carboxylic acids is 1. The van der Waals surface area contributed by atoms with Crippen molar-refractivity contribution in [2.75, 3.05) is 0 Å². The van der Waals surface area contributed by atoms with Gasteiger partial charge in [0.2, 0.25) is 0 Å². The lowest BCUT2D eigenvalue weighted by molar-refractivity contribution is -0.146.